The van der Waals surface area contributed by atoms with E-state index in [2.05, 4.69) is 23.8 Å². The van der Waals surface area contributed by atoms with Crippen LogP contribution >= 0.6 is 0 Å². The molecule has 0 unspecified atom stereocenters. The summed E-state index contributed by atoms with van der Waals surface area (Å²) in [6.45, 7) is 16.1. The molecule has 1 aliphatic carbocycles. The lowest BCUT2D eigenvalue weighted by Crippen LogP contribution is -2.16. The van der Waals surface area contributed by atoms with E-state index < -0.39 is 5.97 Å². The third-order valence-corrected chi connectivity index (χ3v) is 14.5. The van der Waals surface area contributed by atoms with Crippen LogP contribution in [-0.4, -0.2) is 185 Å². The minimum atomic E-state index is -0.591. The summed E-state index contributed by atoms with van der Waals surface area (Å²) >= 11 is 0. The molecule has 0 amide bonds. The Labute approximate surface area is 479 Å². The molecule has 0 radical (unpaired) electrons. The first-order chi connectivity index (χ1) is 39.9. The first kappa shape index (κ1) is 63.3. The number of carbonyl (C=O) groups excluding carboxylic acids is 3. The Morgan fingerprint density at radius 3 is 1.68 bits per heavy atom. The van der Waals surface area contributed by atoms with Crippen LogP contribution in [0.4, 0.5) is 0 Å². The number of Topliss-reactive ketones (excluding diaryl/α,β-unsaturated/α-hetero) is 1. The first-order valence-electron chi connectivity index (χ1n) is 28.2. The number of benzene rings is 1. The van der Waals surface area contributed by atoms with Gasteiger partial charge in [-0.25, -0.2) is 9.78 Å². The van der Waals surface area contributed by atoms with Gasteiger partial charge in [0.15, 0.2) is 17.3 Å². The Morgan fingerprint density at radius 2 is 1.13 bits per heavy atom. The van der Waals surface area contributed by atoms with Crippen LogP contribution in [0.5, 0.6) is 17.2 Å². The van der Waals surface area contributed by atoms with Gasteiger partial charge in [-0.2, -0.15) is 0 Å². The number of aromatic nitrogens is 4. The summed E-state index contributed by atoms with van der Waals surface area (Å²) in [5.41, 5.74) is 11.4. The van der Waals surface area contributed by atoms with Crippen molar-refractivity contribution in [3.8, 4) is 17.2 Å². The average molecular weight is 1140 g/mol. The van der Waals surface area contributed by atoms with Crippen molar-refractivity contribution in [3.05, 3.63) is 86.5 Å². The van der Waals surface area contributed by atoms with Gasteiger partial charge in [0.05, 0.1) is 140 Å². The monoisotopic (exact) mass is 1140 g/mol. The van der Waals surface area contributed by atoms with E-state index in [9.17, 15) is 14.4 Å². The number of nitrogens with zero attached hydrogens (tertiary/aromatic N) is 2. The maximum absolute atomic E-state index is 14.9. The van der Waals surface area contributed by atoms with E-state index in [0.717, 1.165) is 50.4 Å². The maximum Gasteiger partial charge on any atom is 0.340 e. The number of H-pyrrole nitrogens is 2. The van der Waals surface area contributed by atoms with Crippen LogP contribution in [0, 0.1) is 13.8 Å². The summed E-state index contributed by atoms with van der Waals surface area (Å²) in [5, 5.41) is 0. The van der Waals surface area contributed by atoms with Gasteiger partial charge in [0.1, 0.15) is 26.4 Å². The van der Waals surface area contributed by atoms with Gasteiger partial charge >= 0.3 is 11.9 Å². The molecule has 82 heavy (non-hydrogen) atoms. The van der Waals surface area contributed by atoms with Crippen molar-refractivity contribution < 1.29 is 80.7 Å². The second kappa shape index (κ2) is 32.5. The highest BCUT2D eigenvalue weighted by Gasteiger charge is 2.36. The molecule has 5 heterocycles. The Kier molecular flexibility index (Phi) is 25.1. The molecule has 7 rings (SSSR count). The van der Waals surface area contributed by atoms with Gasteiger partial charge in [-0.3, -0.25) is 14.6 Å². The third kappa shape index (κ3) is 16.7. The van der Waals surface area contributed by atoms with Crippen LogP contribution in [0.3, 0.4) is 0 Å². The van der Waals surface area contributed by atoms with E-state index in [4.69, 9.17) is 76.3 Å². The third-order valence-electron chi connectivity index (χ3n) is 14.5. The lowest BCUT2D eigenvalue weighted by molar-refractivity contribution is -0.140. The average Bonchev–Trinajstić information content (AvgIpc) is 3.70. The molecule has 21 nitrogen and oxygen atoms in total. The molecule has 2 atom stereocenters. The van der Waals surface area contributed by atoms with E-state index in [0.29, 0.717) is 148 Å². The highest BCUT2D eigenvalue weighted by molar-refractivity contribution is 6.13. The molecule has 2 N–H and O–H groups in total. The molecule has 0 fully saturated rings. The first-order valence-corrected chi connectivity index (χ1v) is 28.2. The predicted octanol–water partition coefficient (Wildman–Crippen LogP) is 8.38. The number of fused-ring (bicyclic) bond motifs is 8. The fourth-order valence-corrected chi connectivity index (χ4v) is 10.1. The highest BCUT2D eigenvalue weighted by atomic mass is 16.6. The molecule has 0 saturated carbocycles. The van der Waals surface area contributed by atoms with Gasteiger partial charge in [0.25, 0.3) is 0 Å². The molecule has 4 aromatic rings. The lowest BCUT2D eigenvalue weighted by atomic mass is 9.85. The number of ether oxygens (including phenoxy) is 14. The molecule has 21 heteroatoms. The van der Waals surface area contributed by atoms with E-state index in [1.54, 1.807) is 33.5 Å². The summed E-state index contributed by atoms with van der Waals surface area (Å²) in [6.07, 6.45) is 1.51. The Balaban J connectivity index is 1.24. The molecule has 448 valence electrons. The summed E-state index contributed by atoms with van der Waals surface area (Å²) in [6, 6.07) is 9.34. The van der Waals surface area contributed by atoms with Gasteiger partial charge in [0, 0.05) is 73.9 Å². The topological polar surface area (TPSA) is 238 Å². The Hall–Kier alpha value is -6.27. The summed E-state index contributed by atoms with van der Waals surface area (Å²) < 4.78 is 79.7. The second-order valence-corrected chi connectivity index (χ2v) is 19.8. The molecule has 3 aromatic heterocycles. The number of methoxy groups -OCH3 is 4. The van der Waals surface area contributed by atoms with Gasteiger partial charge in [-0.1, -0.05) is 13.8 Å². The van der Waals surface area contributed by atoms with Gasteiger partial charge < -0.3 is 76.3 Å². The summed E-state index contributed by atoms with van der Waals surface area (Å²) in [7, 11) is 6.23. The predicted molar refractivity (Wildman–Crippen MR) is 306 cm³/mol. The number of hydrogen-bond donors (Lipinski definition) is 2. The zero-order chi connectivity index (χ0) is 58.4. The second-order valence-electron chi connectivity index (χ2n) is 19.8. The number of aromatic amines is 2. The molecule has 0 spiro atoms. The maximum atomic E-state index is 14.9. The van der Waals surface area contributed by atoms with Crippen LogP contribution in [0.1, 0.15) is 118 Å². The molecule has 2 aliphatic heterocycles. The van der Waals surface area contributed by atoms with Crippen LogP contribution in [0.2, 0.25) is 0 Å². The molecule has 0 saturated heterocycles. The number of hydrogen-bond acceptors (Lipinski definition) is 19. The highest BCUT2D eigenvalue weighted by Crippen LogP contribution is 2.45. The molecular weight excluding hydrogens is 1060 g/mol. The van der Waals surface area contributed by atoms with Gasteiger partial charge in [0.2, 0.25) is 5.75 Å². The number of ketones is 1. The van der Waals surface area contributed by atoms with Gasteiger partial charge in [-0.15, -0.1) is 0 Å². The fourth-order valence-electron chi connectivity index (χ4n) is 10.1. The number of aryl methyl sites for hydroxylation is 2. The fraction of sp³-hybridized carbons (Fsp3) is 0.557. The Bertz CT molecular complexity index is 2940. The molecular formula is C61H82N4O17. The van der Waals surface area contributed by atoms with E-state index in [-0.39, 0.29) is 82.7 Å². The van der Waals surface area contributed by atoms with Crippen molar-refractivity contribution in [3.63, 3.8) is 0 Å². The van der Waals surface area contributed by atoms with Crippen LogP contribution in [0.25, 0.3) is 33.2 Å². The lowest BCUT2D eigenvalue weighted by Gasteiger charge is -2.19. The van der Waals surface area contributed by atoms with Crippen molar-refractivity contribution in [1.82, 2.24) is 19.9 Å². The number of rotatable bonds is 37. The summed E-state index contributed by atoms with van der Waals surface area (Å²) in [4.78, 5) is 58.9. The van der Waals surface area contributed by atoms with Crippen molar-refractivity contribution >= 4 is 50.9 Å². The minimum absolute atomic E-state index is 0.0138. The SMILES string of the molecule is CCC1=C(C)c2cc3[nH]c(cc4nc(c5c6[nH]c(cc1n2)c(C)c6C(=O)C5)[C@@H](CCC(=O)OC)[C@@H]4C)c(C)c3C(=O)OCc1cc(OCCOCCOCCOC)c(OCCOCCOCCOC)c(OCCOCCOCCOC)c1. The van der Waals surface area contributed by atoms with Crippen molar-refractivity contribution in [1.29, 1.82) is 0 Å². The number of nitrogens with one attached hydrogen (secondary N) is 2. The van der Waals surface area contributed by atoms with Crippen molar-refractivity contribution in [2.75, 3.05) is 147 Å². The number of allylic oxidation sites excluding steroid dienone is 2. The summed E-state index contributed by atoms with van der Waals surface area (Å²) in [5.74, 6) is -0.294. The van der Waals surface area contributed by atoms with Crippen molar-refractivity contribution in [2.24, 2.45) is 0 Å². The zero-order valence-electron chi connectivity index (χ0n) is 49.1. The normalized spacial score (nSPS) is 14.7. The van der Waals surface area contributed by atoms with Crippen LogP contribution < -0.4 is 14.2 Å². The Morgan fingerprint density at radius 1 is 0.610 bits per heavy atom. The molecule has 3 aliphatic rings. The molecule has 8 bridgehead atoms. The largest absolute Gasteiger partial charge is 0.487 e. The van der Waals surface area contributed by atoms with Crippen molar-refractivity contribution in [2.45, 2.75) is 78.7 Å². The van der Waals surface area contributed by atoms with E-state index in [1.165, 1.54) is 7.11 Å². The smallest absolute Gasteiger partial charge is 0.340 e. The number of esters is 2. The van der Waals surface area contributed by atoms with Crippen LogP contribution in [-0.2, 0) is 69.9 Å². The zero-order valence-corrected chi connectivity index (χ0v) is 49.1. The van der Waals surface area contributed by atoms with E-state index in [1.807, 2.05) is 39.0 Å². The standard InChI is InChI=1S/C61H82N4O17/c1-10-43-38(2)46-36-51-56(40(4)48(63-51)34-47-39(3)44(11-12-55(67)72-9)58(64-47)45-33-52(66)57-41(5)49(65-59(45)57)35-50(43)62-46)61(68)82-37-42-31-53(79-28-25-76-22-19-73-16-13-69-6)60(81-30-27-78-24-21-75-18-15-71-8)54(32-42)80-29-26-77-23-20-74-17-14-70-7/h31-32,34-36,39,44,63,65H,10-30,33,37H2,1-9H3/t39-,44-/m0/s1. The minimum Gasteiger partial charge on any atom is -0.487 e. The van der Waals surface area contributed by atoms with E-state index >= 15 is 0 Å². The van der Waals surface area contributed by atoms with Crippen LogP contribution in [0.15, 0.2) is 30.3 Å². The van der Waals surface area contributed by atoms with Gasteiger partial charge in [-0.05, 0) is 91.8 Å². The molecule has 1 aromatic carbocycles. The quantitative estimate of drug-likeness (QED) is 0.0318. The number of carbonyl (C=O) groups is 3.